The zero-order valence-corrected chi connectivity index (χ0v) is 18.8. The molecular formula is C21H32N4O5S. The van der Waals surface area contributed by atoms with Gasteiger partial charge in [0.2, 0.25) is 21.8 Å². The van der Waals surface area contributed by atoms with Crippen molar-refractivity contribution in [1.82, 2.24) is 14.5 Å². The van der Waals surface area contributed by atoms with Crippen LogP contribution in [0, 0.1) is 5.92 Å². The Hall–Kier alpha value is -2.17. The highest BCUT2D eigenvalue weighted by Crippen LogP contribution is 2.25. The molecule has 0 bridgehead atoms. The Labute approximate surface area is 184 Å². The highest BCUT2D eigenvalue weighted by molar-refractivity contribution is 7.89. The van der Waals surface area contributed by atoms with Gasteiger partial charge in [-0.15, -0.1) is 0 Å². The molecule has 3 rings (SSSR count). The van der Waals surface area contributed by atoms with Gasteiger partial charge in [0.25, 0.3) is 0 Å². The molecule has 0 unspecified atom stereocenters. The number of sulfonamides is 1. The fourth-order valence-corrected chi connectivity index (χ4v) is 5.63. The third-order valence-electron chi connectivity index (χ3n) is 5.91. The quantitative estimate of drug-likeness (QED) is 0.594. The van der Waals surface area contributed by atoms with E-state index in [2.05, 4.69) is 5.32 Å². The highest BCUT2D eigenvalue weighted by atomic mass is 32.2. The topological polar surface area (TPSA) is 122 Å². The number of carbonyl (C=O) groups excluding carboxylic acids is 2. The number of hydrogen-bond donors (Lipinski definition) is 2. The molecule has 172 valence electrons. The van der Waals surface area contributed by atoms with Crippen molar-refractivity contribution in [3.8, 4) is 5.75 Å². The Morgan fingerprint density at radius 1 is 1.06 bits per heavy atom. The van der Waals surface area contributed by atoms with Crippen molar-refractivity contribution < 1.29 is 22.7 Å². The molecule has 1 aromatic rings. The van der Waals surface area contributed by atoms with Gasteiger partial charge in [-0.1, -0.05) is 0 Å². The predicted molar refractivity (Wildman–Crippen MR) is 116 cm³/mol. The summed E-state index contributed by atoms with van der Waals surface area (Å²) in [6.07, 6.45) is 2.57. The van der Waals surface area contributed by atoms with E-state index in [-0.39, 0.29) is 35.2 Å². The number of rotatable bonds is 8. The summed E-state index contributed by atoms with van der Waals surface area (Å²) in [7, 11) is -3.58. The molecule has 2 heterocycles. The van der Waals surface area contributed by atoms with Crippen LogP contribution in [0.3, 0.4) is 0 Å². The second-order valence-corrected chi connectivity index (χ2v) is 10.0. The molecule has 1 aromatic carbocycles. The standard InChI is InChI=1S/C21H32N4O5S/c1-2-30-18-3-5-19(6-4-18)31(28,29)25-13-7-16(8-14-25)21(27)23-17-9-11-24(12-10-17)15-20(22)26/h3-6,16-17H,2,7-15H2,1H3,(H2,22,26)(H,23,27). The minimum atomic E-state index is -3.58. The van der Waals surface area contributed by atoms with Gasteiger partial charge in [-0.25, -0.2) is 8.42 Å². The van der Waals surface area contributed by atoms with E-state index in [9.17, 15) is 18.0 Å². The van der Waals surface area contributed by atoms with E-state index in [1.165, 1.54) is 4.31 Å². The van der Waals surface area contributed by atoms with Crippen LogP contribution in [0.1, 0.15) is 32.6 Å². The molecule has 2 saturated heterocycles. The first-order chi connectivity index (χ1) is 14.8. The first kappa shape index (κ1) is 23.5. The van der Waals surface area contributed by atoms with Crippen molar-refractivity contribution >= 4 is 21.8 Å². The van der Waals surface area contributed by atoms with Crippen LogP contribution in [-0.2, 0) is 19.6 Å². The van der Waals surface area contributed by atoms with Crippen LogP contribution < -0.4 is 15.8 Å². The van der Waals surface area contributed by atoms with Crippen LogP contribution in [0.15, 0.2) is 29.2 Å². The van der Waals surface area contributed by atoms with Gasteiger partial charge in [0.1, 0.15) is 5.75 Å². The van der Waals surface area contributed by atoms with Gasteiger partial charge in [-0.3, -0.25) is 14.5 Å². The molecule has 0 saturated carbocycles. The predicted octanol–water partition coefficient (Wildman–Crippen LogP) is 0.552. The molecule has 10 heteroatoms. The van der Waals surface area contributed by atoms with Gasteiger partial charge in [-0.05, 0) is 56.9 Å². The number of nitrogens with two attached hydrogens (primary N) is 1. The summed E-state index contributed by atoms with van der Waals surface area (Å²) >= 11 is 0. The van der Waals surface area contributed by atoms with Gasteiger partial charge in [-0.2, -0.15) is 4.31 Å². The first-order valence-corrected chi connectivity index (χ1v) is 12.3. The van der Waals surface area contributed by atoms with Crippen LogP contribution in [0.4, 0.5) is 0 Å². The van der Waals surface area contributed by atoms with Gasteiger partial charge < -0.3 is 15.8 Å². The molecule has 2 amide bonds. The Bertz CT molecular complexity index is 858. The van der Waals surface area contributed by atoms with Crippen molar-refractivity contribution in [2.45, 2.75) is 43.5 Å². The molecule has 0 aliphatic carbocycles. The Kier molecular flexibility index (Phi) is 7.90. The molecule has 0 atom stereocenters. The van der Waals surface area contributed by atoms with Crippen LogP contribution in [0.25, 0.3) is 0 Å². The van der Waals surface area contributed by atoms with E-state index in [1.54, 1.807) is 24.3 Å². The van der Waals surface area contributed by atoms with Crippen molar-refractivity contribution in [1.29, 1.82) is 0 Å². The fraction of sp³-hybridized carbons (Fsp3) is 0.619. The van der Waals surface area contributed by atoms with Crippen LogP contribution in [-0.4, -0.2) is 74.8 Å². The minimum Gasteiger partial charge on any atom is -0.494 e. The van der Waals surface area contributed by atoms with E-state index < -0.39 is 10.0 Å². The monoisotopic (exact) mass is 452 g/mol. The lowest BCUT2D eigenvalue weighted by Gasteiger charge is -2.34. The zero-order chi connectivity index (χ0) is 22.4. The van der Waals surface area contributed by atoms with Gasteiger partial charge in [0.05, 0.1) is 18.0 Å². The van der Waals surface area contributed by atoms with E-state index in [0.29, 0.717) is 38.3 Å². The van der Waals surface area contributed by atoms with Crippen molar-refractivity contribution in [3.63, 3.8) is 0 Å². The number of nitrogens with one attached hydrogen (secondary N) is 1. The van der Waals surface area contributed by atoms with Gasteiger partial charge >= 0.3 is 0 Å². The molecule has 0 aromatic heterocycles. The minimum absolute atomic E-state index is 0.00790. The normalized spacial score (nSPS) is 19.8. The Morgan fingerprint density at radius 2 is 1.68 bits per heavy atom. The summed E-state index contributed by atoms with van der Waals surface area (Å²) in [5.41, 5.74) is 5.23. The van der Waals surface area contributed by atoms with Crippen molar-refractivity contribution in [3.05, 3.63) is 24.3 Å². The lowest BCUT2D eigenvalue weighted by molar-refractivity contribution is -0.127. The second-order valence-electron chi connectivity index (χ2n) is 8.11. The van der Waals surface area contributed by atoms with E-state index in [0.717, 1.165) is 25.9 Å². The molecule has 0 spiro atoms. The number of hydrogen-bond acceptors (Lipinski definition) is 6. The number of carbonyl (C=O) groups is 2. The lowest BCUT2D eigenvalue weighted by Crippen LogP contribution is -2.49. The summed E-state index contributed by atoms with van der Waals surface area (Å²) in [6.45, 7) is 4.75. The molecule has 31 heavy (non-hydrogen) atoms. The van der Waals surface area contributed by atoms with Gasteiger partial charge in [0, 0.05) is 38.1 Å². The van der Waals surface area contributed by atoms with Crippen molar-refractivity contribution in [2.75, 3.05) is 39.3 Å². The van der Waals surface area contributed by atoms with Crippen LogP contribution >= 0.6 is 0 Å². The molecule has 2 aliphatic rings. The number of nitrogens with zero attached hydrogens (tertiary/aromatic N) is 2. The largest absolute Gasteiger partial charge is 0.494 e. The molecule has 0 radical (unpaired) electrons. The number of ether oxygens (including phenoxy) is 1. The molecule has 2 aliphatic heterocycles. The number of piperidine rings is 2. The maximum atomic E-state index is 12.9. The molecule has 2 fully saturated rings. The fourth-order valence-electron chi connectivity index (χ4n) is 4.16. The van der Waals surface area contributed by atoms with E-state index >= 15 is 0 Å². The summed E-state index contributed by atoms with van der Waals surface area (Å²) < 4.78 is 32.6. The Morgan fingerprint density at radius 3 is 2.23 bits per heavy atom. The number of benzene rings is 1. The first-order valence-electron chi connectivity index (χ1n) is 10.8. The third kappa shape index (κ3) is 6.18. The average Bonchev–Trinajstić information content (AvgIpc) is 2.75. The highest BCUT2D eigenvalue weighted by Gasteiger charge is 2.33. The Balaban J connectivity index is 1.47. The smallest absolute Gasteiger partial charge is 0.243 e. The average molecular weight is 453 g/mol. The summed E-state index contributed by atoms with van der Waals surface area (Å²) in [5, 5.41) is 3.10. The zero-order valence-electron chi connectivity index (χ0n) is 18.0. The van der Waals surface area contributed by atoms with E-state index in [1.807, 2.05) is 11.8 Å². The van der Waals surface area contributed by atoms with Crippen molar-refractivity contribution in [2.24, 2.45) is 11.7 Å². The maximum absolute atomic E-state index is 12.9. The molecular weight excluding hydrogens is 420 g/mol. The molecule has 9 nitrogen and oxygen atoms in total. The number of amides is 2. The lowest BCUT2D eigenvalue weighted by atomic mass is 9.96. The SMILES string of the molecule is CCOc1ccc(S(=O)(=O)N2CCC(C(=O)NC3CCN(CC(N)=O)CC3)CC2)cc1. The third-order valence-corrected chi connectivity index (χ3v) is 7.82. The van der Waals surface area contributed by atoms with Gasteiger partial charge in [0.15, 0.2) is 0 Å². The summed E-state index contributed by atoms with van der Waals surface area (Å²) in [5.74, 6) is 0.105. The summed E-state index contributed by atoms with van der Waals surface area (Å²) in [4.78, 5) is 25.9. The second kappa shape index (κ2) is 10.4. The molecule has 3 N–H and O–H groups in total. The van der Waals surface area contributed by atoms with Crippen LogP contribution in [0.2, 0.25) is 0 Å². The summed E-state index contributed by atoms with van der Waals surface area (Å²) in [6, 6.07) is 6.52. The number of primary amides is 1. The number of likely N-dealkylation sites (tertiary alicyclic amines) is 1. The maximum Gasteiger partial charge on any atom is 0.243 e. The van der Waals surface area contributed by atoms with E-state index in [4.69, 9.17) is 10.5 Å². The van der Waals surface area contributed by atoms with Crippen LogP contribution in [0.5, 0.6) is 5.75 Å².